The number of carbonyl (C=O) groups is 4. The highest BCUT2D eigenvalue weighted by Gasteiger charge is 2.14. The molecule has 0 spiro atoms. The molecule has 44 heavy (non-hydrogen) atoms. The number of nitrogens with two attached hydrogens (primary N) is 4. The number of nitrogens with zero attached hydrogens (tertiary/aromatic N) is 2. The van der Waals surface area contributed by atoms with Crippen LogP contribution in [0.3, 0.4) is 0 Å². The van der Waals surface area contributed by atoms with Crippen LogP contribution in [0, 0.1) is 0 Å². The van der Waals surface area contributed by atoms with E-state index in [1.165, 1.54) is 24.3 Å². The molecule has 0 fully saturated rings. The normalized spacial score (nSPS) is 11.8. The molecular formula is C28H38N8O8. The Morgan fingerprint density at radius 1 is 0.636 bits per heavy atom. The van der Waals surface area contributed by atoms with Crippen LogP contribution >= 0.6 is 0 Å². The fourth-order valence-electron chi connectivity index (χ4n) is 3.40. The van der Waals surface area contributed by atoms with Gasteiger partial charge in [0.25, 0.3) is 11.8 Å². The minimum Gasteiger partial charge on any atom is -0.459 e. The largest absolute Gasteiger partial charge is 0.459 e. The lowest BCUT2D eigenvalue weighted by molar-refractivity contribution is -0.152. The van der Waals surface area contributed by atoms with Crippen molar-refractivity contribution < 1.29 is 38.1 Å². The summed E-state index contributed by atoms with van der Waals surface area (Å²) < 4.78 is 21.3. The van der Waals surface area contributed by atoms with E-state index >= 15 is 0 Å². The molecule has 16 nitrogen and oxygen atoms in total. The lowest BCUT2D eigenvalue weighted by atomic mass is 10.2. The van der Waals surface area contributed by atoms with Gasteiger partial charge < -0.3 is 52.5 Å². The van der Waals surface area contributed by atoms with Gasteiger partial charge in [0.1, 0.15) is 25.3 Å². The minimum absolute atomic E-state index is 0.101. The van der Waals surface area contributed by atoms with Crippen molar-refractivity contribution in [3.63, 3.8) is 0 Å². The Hall–Kier alpha value is -5.22. The Kier molecular flexibility index (Phi) is 14.6. The number of carbonyl (C=O) groups excluding carboxylic acids is 4. The number of guanidine groups is 2. The number of amides is 2. The van der Waals surface area contributed by atoms with Gasteiger partial charge in [-0.1, -0.05) is 0 Å². The van der Waals surface area contributed by atoms with Crippen molar-refractivity contribution in [1.29, 1.82) is 0 Å². The van der Waals surface area contributed by atoms with Crippen molar-refractivity contribution in [1.82, 2.24) is 10.6 Å². The maximum absolute atomic E-state index is 12.2. The topological polar surface area (TPSA) is 258 Å². The lowest BCUT2D eigenvalue weighted by Gasteiger charge is -2.15. The fraction of sp³-hybridized carbons (Fsp3) is 0.357. The van der Waals surface area contributed by atoms with E-state index in [4.69, 9.17) is 41.9 Å². The summed E-state index contributed by atoms with van der Waals surface area (Å²) >= 11 is 0. The molecule has 16 heteroatoms. The predicted molar refractivity (Wildman–Crippen MR) is 161 cm³/mol. The first kappa shape index (κ1) is 35.0. The van der Waals surface area contributed by atoms with Crippen LogP contribution in [-0.2, 0) is 28.5 Å². The van der Waals surface area contributed by atoms with E-state index < -0.39 is 36.0 Å². The molecule has 2 aromatic carbocycles. The van der Waals surface area contributed by atoms with Crippen molar-refractivity contribution in [2.45, 2.75) is 26.1 Å². The highest BCUT2D eigenvalue weighted by molar-refractivity contribution is 5.97. The Bertz CT molecular complexity index is 1210. The maximum atomic E-state index is 12.2. The third-order valence-electron chi connectivity index (χ3n) is 5.30. The van der Waals surface area contributed by atoms with Gasteiger partial charge in [-0.2, -0.15) is 0 Å². The summed E-state index contributed by atoms with van der Waals surface area (Å²) in [5.74, 6) is -2.39. The monoisotopic (exact) mass is 614 g/mol. The first-order valence-electron chi connectivity index (χ1n) is 13.4. The zero-order valence-corrected chi connectivity index (χ0v) is 24.5. The van der Waals surface area contributed by atoms with Crippen LogP contribution in [0.25, 0.3) is 0 Å². The third kappa shape index (κ3) is 14.1. The molecule has 0 aliphatic carbocycles. The van der Waals surface area contributed by atoms with Crippen LogP contribution in [0.2, 0.25) is 0 Å². The number of nitrogens with one attached hydrogen (secondary N) is 2. The van der Waals surface area contributed by atoms with Crippen LogP contribution in [0.15, 0.2) is 58.5 Å². The number of rotatable bonds is 17. The van der Waals surface area contributed by atoms with Crippen LogP contribution < -0.4 is 33.6 Å². The maximum Gasteiger partial charge on any atom is 0.325 e. The molecule has 0 radical (unpaired) electrons. The third-order valence-corrected chi connectivity index (χ3v) is 5.30. The summed E-state index contributed by atoms with van der Waals surface area (Å²) in [7, 11) is 0. The zero-order chi connectivity index (χ0) is 32.5. The highest BCUT2D eigenvalue weighted by Crippen LogP contribution is 2.13. The van der Waals surface area contributed by atoms with Crippen molar-refractivity contribution in [2.24, 2.45) is 32.9 Å². The second-order valence-corrected chi connectivity index (χ2v) is 9.28. The molecule has 2 unspecified atom stereocenters. The summed E-state index contributed by atoms with van der Waals surface area (Å²) in [6.07, 6.45) is -1.13. The molecule has 2 rings (SSSR count). The lowest BCUT2D eigenvalue weighted by Crippen LogP contribution is -2.33. The van der Waals surface area contributed by atoms with Gasteiger partial charge in [-0.3, -0.25) is 19.2 Å². The first-order valence-corrected chi connectivity index (χ1v) is 13.4. The van der Waals surface area contributed by atoms with Gasteiger partial charge in [0, 0.05) is 11.1 Å². The van der Waals surface area contributed by atoms with E-state index in [1.54, 1.807) is 38.1 Å². The van der Waals surface area contributed by atoms with Crippen molar-refractivity contribution in [3.8, 4) is 0 Å². The molecule has 238 valence electrons. The number of benzene rings is 2. The quantitative estimate of drug-likeness (QED) is 0.0573. The van der Waals surface area contributed by atoms with Crippen LogP contribution in [-0.4, -0.2) is 87.4 Å². The zero-order valence-electron chi connectivity index (χ0n) is 24.5. The smallest absolute Gasteiger partial charge is 0.325 e. The van der Waals surface area contributed by atoms with E-state index in [0.717, 1.165) is 0 Å². The number of aliphatic imine (C=N–C) groups is 2. The Balaban J connectivity index is 1.53. The van der Waals surface area contributed by atoms with Crippen molar-refractivity contribution in [3.05, 3.63) is 59.7 Å². The molecule has 0 saturated carbocycles. The number of hydrogen-bond acceptors (Lipinski definition) is 10. The van der Waals surface area contributed by atoms with Crippen LogP contribution in [0.1, 0.15) is 34.6 Å². The molecular weight excluding hydrogens is 576 g/mol. The Labute approximate surface area is 254 Å². The molecule has 0 aromatic heterocycles. The average Bonchev–Trinajstić information content (AvgIpc) is 2.96. The number of hydrogen-bond donors (Lipinski definition) is 6. The molecule has 2 atom stereocenters. The van der Waals surface area contributed by atoms with Gasteiger partial charge in [0.05, 0.1) is 37.8 Å². The number of ether oxygens (including phenoxy) is 4. The van der Waals surface area contributed by atoms with Gasteiger partial charge in [0.15, 0.2) is 11.9 Å². The molecule has 0 bridgehead atoms. The first-order chi connectivity index (χ1) is 20.9. The van der Waals surface area contributed by atoms with E-state index in [0.29, 0.717) is 22.5 Å². The van der Waals surface area contributed by atoms with E-state index in [2.05, 4.69) is 20.6 Å². The standard InChI is InChI=1S/C28H38N8O8/c1-17(43-23(37)13-33-25(39)19-3-7-21(8-4-19)35-27(29)30)15-41-11-12-42-16-18(2)44-24(38)14-34-26(40)20-5-9-22(10-6-20)36-28(31)32/h3-10,17-18H,11-16H2,1-2H3,(H,33,39)(H,34,40)(H4,29,30,35)(H4,31,32,36). The van der Waals surface area contributed by atoms with Gasteiger partial charge in [0.2, 0.25) is 0 Å². The Morgan fingerprint density at radius 3 is 1.30 bits per heavy atom. The molecule has 0 aliphatic heterocycles. The fourth-order valence-corrected chi connectivity index (χ4v) is 3.40. The minimum atomic E-state index is -0.629. The molecule has 10 N–H and O–H groups in total. The van der Waals surface area contributed by atoms with Gasteiger partial charge in [-0.05, 0) is 62.4 Å². The van der Waals surface area contributed by atoms with Crippen LogP contribution in [0.4, 0.5) is 11.4 Å². The van der Waals surface area contributed by atoms with E-state index in [-0.39, 0.29) is 51.4 Å². The number of esters is 2. The van der Waals surface area contributed by atoms with E-state index in [1.807, 2.05) is 0 Å². The van der Waals surface area contributed by atoms with Gasteiger partial charge in [-0.15, -0.1) is 0 Å². The van der Waals surface area contributed by atoms with Crippen molar-refractivity contribution in [2.75, 3.05) is 39.5 Å². The molecule has 2 aromatic rings. The van der Waals surface area contributed by atoms with Gasteiger partial charge >= 0.3 is 11.9 Å². The summed E-state index contributed by atoms with van der Waals surface area (Å²) in [5, 5.41) is 4.95. The second-order valence-electron chi connectivity index (χ2n) is 9.28. The predicted octanol–water partition coefficient (Wildman–Crippen LogP) is -0.447. The summed E-state index contributed by atoms with van der Waals surface area (Å²) in [5.41, 5.74) is 22.9. The Morgan fingerprint density at radius 2 is 0.977 bits per heavy atom. The molecule has 0 aliphatic rings. The highest BCUT2D eigenvalue weighted by atomic mass is 16.6. The average molecular weight is 615 g/mol. The SMILES string of the molecule is CC(COCCOCC(C)OC(=O)CNC(=O)c1ccc(N=C(N)N)cc1)OC(=O)CNC(=O)c1ccc(N=C(N)N)cc1. The van der Waals surface area contributed by atoms with Crippen molar-refractivity contribution >= 4 is 47.0 Å². The molecule has 2 amide bonds. The summed E-state index contributed by atoms with van der Waals surface area (Å²) in [6, 6.07) is 12.3. The molecule has 0 saturated heterocycles. The summed E-state index contributed by atoms with van der Waals surface area (Å²) in [6.45, 7) is 3.26. The summed E-state index contributed by atoms with van der Waals surface area (Å²) in [4.78, 5) is 56.2. The van der Waals surface area contributed by atoms with E-state index in [9.17, 15) is 19.2 Å². The van der Waals surface area contributed by atoms with Gasteiger partial charge in [-0.25, -0.2) is 9.98 Å². The van der Waals surface area contributed by atoms with Crippen LogP contribution in [0.5, 0.6) is 0 Å². The second kappa shape index (κ2) is 18.3. The molecule has 0 heterocycles.